The molecule has 1 amide bonds. The molecule has 0 fully saturated rings. The van der Waals surface area contributed by atoms with Gasteiger partial charge in [-0.15, -0.1) is 11.8 Å². The van der Waals surface area contributed by atoms with Crippen LogP contribution in [-0.4, -0.2) is 16.9 Å². The monoisotopic (exact) mass is 313 g/mol. The molecule has 0 saturated carbocycles. The average Bonchev–Trinajstić information content (AvgIpc) is 2.53. The molecule has 1 unspecified atom stereocenters. The highest BCUT2D eigenvalue weighted by Gasteiger charge is 2.14. The van der Waals surface area contributed by atoms with Crippen LogP contribution in [0.5, 0.6) is 0 Å². The van der Waals surface area contributed by atoms with E-state index in [0.717, 1.165) is 5.75 Å². The Morgan fingerprint density at radius 1 is 1.09 bits per heavy atom. The van der Waals surface area contributed by atoms with Gasteiger partial charge in [-0.05, 0) is 31.5 Å². The molecule has 1 atom stereocenters. The van der Waals surface area contributed by atoms with E-state index in [0.29, 0.717) is 11.3 Å². The molecule has 0 aliphatic rings. The van der Waals surface area contributed by atoms with Crippen molar-refractivity contribution in [2.24, 2.45) is 0 Å². The number of anilines is 1. The summed E-state index contributed by atoms with van der Waals surface area (Å²) in [6, 6.07) is 17.1. The summed E-state index contributed by atoms with van der Waals surface area (Å²) in [4.78, 5) is 23.6. The van der Waals surface area contributed by atoms with E-state index in [1.54, 1.807) is 36.0 Å². The number of Topliss-reactive ketones (excluding diaryl/α,β-unsaturated/α-hetero) is 1. The molecule has 0 radical (unpaired) electrons. The van der Waals surface area contributed by atoms with Crippen molar-refractivity contribution in [2.75, 3.05) is 5.32 Å². The number of thioether (sulfide) groups is 1. The van der Waals surface area contributed by atoms with Crippen LogP contribution < -0.4 is 5.32 Å². The van der Waals surface area contributed by atoms with Crippen LogP contribution in [0.1, 0.15) is 29.8 Å². The molecule has 4 heteroatoms. The number of nitrogens with one attached hydrogen (secondary N) is 1. The summed E-state index contributed by atoms with van der Waals surface area (Å²) in [5.74, 6) is 0.729. The number of carbonyl (C=O) groups is 2. The van der Waals surface area contributed by atoms with Crippen molar-refractivity contribution in [2.45, 2.75) is 24.9 Å². The summed E-state index contributed by atoms with van der Waals surface area (Å²) in [6.45, 7) is 3.40. The second-order valence-corrected chi connectivity index (χ2v) is 6.39. The van der Waals surface area contributed by atoms with E-state index < -0.39 is 0 Å². The van der Waals surface area contributed by atoms with Crippen molar-refractivity contribution in [3.05, 3.63) is 65.7 Å². The van der Waals surface area contributed by atoms with Gasteiger partial charge in [0.25, 0.3) is 0 Å². The molecule has 0 heterocycles. The quantitative estimate of drug-likeness (QED) is 0.815. The maximum Gasteiger partial charge on any atom is 0.237 e. The van der Waals surface area contributed by atoms with E-state index in [9.17, 15) is 9.59 Å². The third-order valence-corrected chi connectivity index (χ3v) is 4.46. The number of ketones is 1. The smallest absolute Gasteiger partial charge is 0.237 e. The van der Waals surface area contributed by atoms with Gasteiger partial charge in [0.1, 0.15) is 0 Å². The zero-order chi connectivity index (χ0) is 15.9. The molecule has 1 N–H and O–H groups in total. The van der Waals surface area contributed by atoms with Crippen molar-refractivity contribution >= 4 is 29.1 Å². The molecule has 22 heavy (non-hydrogen) atoms. The van der Waals surface area contributed by atoms with Gasteiger partial charge in [-0.1, -0.05) is 42.5 Å². The predicted octanol–water partition coefficient (Wildman–Crippen LogP) is 4.15. The highest BCUT2D eigenvalue weighted by atomic mass is 32.2. The number of carbonyl (C=O) groups excluding carboxylic acids is 2. The summed E-state index contributed by atoms with van der Waals surface area (Å²) in [5.41, 5.74) is 2.46. The maximum absolute atomic E-state index is 12.2. The van der Waals surface area contributed by atoms with Crippen LogP contribution in [-0.2, 0) is 10.5 Å². The standard InChI is InChI=1S/C18H19NO2S/c1-13(20)16-9-6-10-17(11-16)19-18(21)14(2)22-12-15-7-4-3-5-8-15/h3-11,14H,12H2,1-2H3,(H,19,21). The van der Waals surface area contributed by atoms with Crippen molar-refractivity contribution < 1.29 is 9.59 Å². The third-order valence-electron chi connectivity index (χ3n) is 3.25. The average molecular weight is 313 g/mol. The Morgan fingerprint density at radius 2 is 1.82 bits per heavy atom. The van der Waals surface area contributed by atoms with Crippen molar-refractivity contribution in [3.63, 3.8) is 0 Å². The summed E-state index contributed by atoms with van der Waals surface area (Å²) in [6.07, 6.45) is 0. The first-order valence-corrected chi connectivity index (χ1v) is 8.18. The van der Waals surface area contributed by atoms with E-state index in [2.05, 4.69) is 5.32 Å². The molecular weight excluding hydrogens is 294 g/mol. The Hall–Kier alpha value is -2.07. The van der Waals surface area contributed by atoms with Gasteiger partial charge in [0.2, 0.25) is 5.91 Å². The molecule has 3 nitrogen and oxygen atoms in total. The fourth-order valence-electron chi connectivity index (χ4n) is 1.93. The molecular formula is C18H19NO2S. The first kappa shape index (κ1) is 16.3. The van der Waals surface area contributed by atoms with E-state index in [1.165, 1.54) is 12.5 Å². The lowest BCUT2D eigenvalue weighted by atomic mass is 10.1. The second-order valence-electron chi connectivity index (χ2n) is 5.07. The number of amides is 1. The summed E-state index contributed by atoms with van der Waals surface area (Å²) < 4.78 is 0. The third kappa shape index (κ3) is 4.74. The Labute approximate surface area is 135 Å². The zero-order valence-corrected chi connectivity index (χ0v) is 13.5. The predicted molar refractivity (Wildman–Crippen MR) is 92.3 cm³/mol. The van der Waals surface area contributed by atoms with E-state index >= 15 is 0 Å². The topological polar surface area (TPSA) is 46.2 Å². The first-order chi connectivity index (χ1) is 10.6. The normalized spacial score (nSPS) is 11.7. The highest BCUT2D eigenvalue weighted by Crippen LogP contribution is 2.19. The molecule has 2 rings (SSSR count). The maximum atomic E-state index is 12.2. The van der Waals surface area contributed by atoms with Crippen LogP contribution >= 0.6 is 11.8 Å². The van der Waals surface area contributed by atoms with Crippen molar-refractivity contribution in [1.82, 2.24) is 0 Å². The molecule has 2 aromatic rings. The van der Waals surface area contributed by atoms with Gasteiger partial charge in [0, 0.05) is 17.0 Å². The lowest BCUT2D eigenvalue weighted by molar-refractivity contribution is -0.115. The second kappa shape index (κ2) is 7.80. The Kier molecular flexibility index (Phi) is 5.78. The van der Waals surface area contributed by atoms with Crippen LogP contribution in [0.4, 0.5) is 5.69 Å². The summed E-state index contributed by atoms with van der Waals surface area (Å²) in [5, 5.41) is 2.70. The van der Waals surface area contributed by atoms with Crippen LogP contribution in [0.2, 0.25) is 0 Å². The van der Waals surface area contributed by atoms with Crippen LogP contribution in [0.3, 0.4) is 0 Å². The SMILES string of the molecule is CC(=O)c1cccc(NC(=O)C(C)SCc2ccccc2)c1. The molecule has 0 aliphatic heterocycles. The minimum Gasteiger partial charge on any atom is -0.325 e. The Balaban J connectivity index is 1.91. The minimum atomic E-state index is -0.166. The number of benzene rings is 2. The van der Waals surface area contributed by atoms with Crippen LogP contribution in [0.25, 0.3) is 0 Å². The first-order valence-electron chi connectivity index (χ1n) is 7.13. The number of rotatable bonds is 6. The summed E-state index contributed by atoms with van der Waals surface area (Å²) in [7, 11) is 0. The molecule has 114 valence electrons. The molecule has 0 aliphatic carbocycles. The highest BCUT2D eigenvalue weighted by molar-refractivity contribution is 7.99. The molecule has 0 bridgehead atoms. The molecule has 0 spiro atoms. The van der Waals surface area contributed by atoms with Gasteiger partial charge in [0.05, 0.1) is 5.25 Å². The molecule has 0 saturated heterocycles. The lowest BCUT2D eigenvalue weighted by Crippen LogP contribution is -2.22. The summed E-state index contributed by atoms with van der Waals surface area (Å²) >= 11 is 1.59. The van der Waals surface area contributed by atoms with E-state index in [1.807, 2.05) is 37.3 Å². The minimum absolute atomic E-state index is 0.0115. The number of hydrogen-bond acceptors (Lipinski definition) is 3. The van der Waals surface area contributed by atoms with Gasteiger partial charge in [-0.3, -0.25) is 9.59 Å². The molecule has 0 aromatic heterocycles. The van der Waals surface area contributed by atoms with Crippen molar-refractivity contribution in [3.8, 4) is 0 Å². The van der Waals surface area contributed by atoms with Gasteiger partial charge >= 0.3 is 0 Å². The van der Waals surface area contributed by atoms with E-state index in [4.69, 9.17) is 0 Å². The lowest BCUT2D eigenvalue weighted by Gasteiger charge is -2.12. The fourth-order valence-corrected chi connectivity index (χ4v) is 2.78. The molecule has 2 aromatic carbocycles. The van der Waals surface area contributed by atoms with Crippen molar-refractivity contribution in [1.29, 1.82) is 0 Å². The zero-order valence-electron chi connectivity index (χ0n) is 12.7. The van der Waals surface area contributed by atoms with Gasteiger partial charge in [-0.25, -0.2) is 0 Å². The van der Waals surface area contributed by atoms with Crippen LogP contribution in [0.15, 0.2) is 54.6 Å². The largest absolute Gasteiger partial charge is 0.325 e. The Morgan fingerprint density at radius 3 is 2.50 bits per heavy atom. The van der Waals surface area contributed by atoms with E-state index in [-0.39, 0.29) is 16.9 Å². The van der Waals surface area contributed by atoms with Crippen LogP contribution in [0, 0.1) is 0 Å². The van der Waals surface area contributed by atoms with Gasteiger partial charge < -0.3 is 5.32 Å². The Bertz CT molecular complexity index is 655. The number of hydrogen-bond donors (Lipinski definition) is 1. The van der Waals surface area contributed by atoms with Gasteiger partial charge in [0.15, 0.2) is 5.78 Å². The van der Waals surface area contributed by atoms with Gasteiger partial charge in [-0.2, -0.15) is 0 Å². The fraction of sp³-hybridized carbons (Fsp3) is 0.222.